The first-order valence-corrected chi connectivity index (χ1v) is 13.4. The monoisotopic (exact) mass is 449 g/mol. The largest absolute Gasteiger partial charge is 0.364 e. The summed E-state index contributed by atoms with van der Waals surface area (Å²) >= 11 is 0. The average molecular weight is 450 g/mol. The fourth-order valence-electron chi connectivity index (χ4n) is 7.96. The van der Waals surface area contributed by atoms with Crippen LogP contribution < -0.4 is 16.6 Å². The van der Waals surface area contributed by atoms with Crippen LogP contribution in [-0.2, 0) is 0 Å². The third-order valence-corrected chi connectivity index (χ3v) is 9.13. The lowest BCUT2D eigenvalue weighted by molar-refractivity contribution is -0.0485. The molecule has 6 heteroatoms. The van der Waals surface area contributed by atoms with Crippen molar-refractivity contribution in [3.05, 3.63) is 34.6 Å². The highest BCUT2D eigenvalue weighted by Gasteiger charge is 2.45. The van der Waals surface area contributed by atoms with E-state index in [1.54, 1.807) is 0 Å². The second-order valence-corrected chi connectivity index (χ2v) is 11.2. The number of anilines is 1. The SMILES string of the molecule is NCCNc1nc2ccccc2n(C2C[C@H]3CCC[C@@H](C2)N3C2C[C@H]3CCC[C@@H](C2)C3)c1=O. The molecule has 1 aromatic carbocycles. The van der Waals surface area contributed by atoms with Gasteiger partial charge in [-0.3, -0.25) is 9.69 Å². The van der Waals surface area contributed by atoms with E-state index in [9.17, 15) is 4.79 Å². The van der Waals surface area contributed by atoms with Crippen molar-refractivity contribution in [2.75, 3.05) is 18.4 Å². The molecule has 4 fully saturated rings. The van der Waals surface area contributed by atoms with E-state index in [0.29, 0.717) is 31.0 Å². The van der Waals surface area contributed by atoms with E-state index in [4.69, 9.17) is 5.73 Å². The molecule has 178 valence electrons. The molecule has 2 aliphatic heterocycles. The second-order valence-electron chi connectivity index (χ2n) is 11.2. The van der Waals surface area contributed by atoms with Crippen LogP contribution in [0.5, 0.6) is 0 Å². The van der Waals surface area contributed by atoms with Gasteiger partial charge in [0.25, 0.3) is 5.56 Å². The Hall–Kier alpha value is -1.92. The minimum Gasteiger partial charge on any atom is -0.364 e. The van der Waals surface area contributed by atoms with Crippen molar-refractivity contribution in [2.24, 2.45) is 17.6 Å². The van der Waals surface area contributed by atoms with Crippen molar-refractivity contribution in [3.8, 4) is 0 Å². The fraction of sp³-hybridized carbons (Fsp3) is 0.704. The summed E-state index contributed by atoms with van der Waals surface area (Å²) in [6.45, 7) is 1.05. The van der Waals surface area contributed by atoms with E-state index in [2.05, 4.69) is 25.8 Å². The maximum Gasteiger partial charge on any atom is 0.294 e. The molecule has 6 atom stereocenters. The number of hydrogen-bond acceptors (Lipinski definition) is 5. The zero-order chi connectivity index (χ0) is 22.4. The standard InChI is InChI=1S/C27H39N5O/c28-11-12-29-26-27(33)32(25-10-2-1-9-24(25)30-26)23-16-20-7-4-8-21(17-23)31(20)22-14-18-5-3-6-19(13-18)15-22/h1-2,9-10,18-23H,3-8,11-17,28H2,(H,29,30)/t18-,19+,20-,21+,22?,23?. The van der Waals surface area contributed by atoms with Crippen LogP contribution in [0.25, 0.3) is 11.0 Å². The molecule has 2 aromatic rings. The van der Waals surface area contributed by atoms with E-state index in [1.807, 2.05) is 18.2 Å². The first kappa shape index (κ1) is 21.6. The van der Waals surface area contributed by atoms with E-state index in [-0.39, 0.29) is 11.6 Å². The number of nitrogens with one attached hydrogen (secondary N) is 1. The van der Waals surface area contributed by atoms with Gasteiger partial charge < -0.3 is 15.6 Å². The van der Waals surface area contributed by atoms with Crippen LogP contribution in [0.3, 0.4) is 0 Å². The summed E-state index contributed by atoms with van der Waals surface area (Å²) in [5, 5.41) is 3.19. The van der Waals surface area contributed by atoms with Gasteiger partial charge >= 0.3 is 0 Å². The van der Waals surface area contributed by atoms with Crippen LogP contribution in [0.1, 0.15) is 76.7 Å². The van der Waals surface area contributed by atoms with Crippen molar-refractivity contribution in [2.45, 2.75) is 94.8 Å². The highest BCUT2D eigenvalue weighted by molar-refractivity contribution is 5.76. The molecular weight excluding hydrogens is 410 g/mol. The Morgan fingerprint density at radius 2 is 1.58 bits per heavy atom. The van der Waals surface area contributed by atoms with Crippen LogP contribution in [0.2, 0.25) is 0 Å². The Kier molecular flexibility index (Phi) is 5.91. The van der Waals surface area contributed by atoms with Gasteiger partial charge in [0.05, 0.1) is 11.0 Å². The van der Waals surface area contributed by atoms with Gasteiger partial charge in [-0.15, -0.1) is 0 Å². The molecule has 3 heterocycles. The summed E-state index contributed by atoms with van der Waals surface area (Å²) in [5.41, 5.74) is 7.59. The molecule has 2 saturated heterocycles. The number of nitrogens with two attached hydrogens (primary N) is 1. The lowest BCUT2D eigenvalue weighted by Crippen LogP contribution is -2.58. The van der Waals surface area contributed by atoms with E-state index >= 15 is 0 Å². The summed E-state index contributed by atoms with van der Waals surface area (Å²) in [5.74, 6) is 2.37. The topological polar surface area (TPSA) is 76.2 Å². The number of nitrogens with zero attached hydrogens (tertiary/aromatic N) is 3. The zero-order valence-electron chi connectivity index (χ0n) is 19.8. The lowest BCUT2D eigenvalue weighted by Gasteiger charge is -2.55. The van der Waals surface area contributed by atoms with E-state index in [1.165, 1.54) is 57.8 Å². The molecule has 2 unspecified atom stereocenters. The van der Waals surface area contributed by atoms with Crippen molar-refractivity contribution in [1.29, 1.82) is 0 Å². The Morgan fingerprint density at radius 3 is 2.30 bits per heavy atom. The van der Waals surface area contributed by atoms with Gasteiger partial charge in [-0.25, -0.2) is 4.98 Å². The third kappa shape index (κ3) is 3.99. The van der Waals surface area contributed by atoms with Gasteiger partial charge in [0, 0.05) is 37.3 Å². The van der Waals surface area contributed by atoms with Gasteiger partial charge in [-0.1, -0.05) is 37.8 Å². The molecule has 3 N–H and O–H groups in total. The van der Waals surface area contributed by atoms with Gasteiger partial charge in [0.15, 0.2) is 5.82 Å². The highest BCUT2D eigenvalue weighted by atomic mass is 16.1. The highest BCUT2D eigenvalue weighted by Crippen LogP contribution is 2.47. The quantitative estimate of drug-likeness (QED) is 0.712. The van der Waals surface area contributed by atoms with Gasteiger partial charge in [0.2, 0.25) is 0 Å². The predicted molar refractivity (Wildman–Crippen MR) is 134 cm³/mol. The summed E-state index contributed by atoms with van der Waals surface area (Å²) in [4.78, 5) is 21.2. The number of aromatic nitrogens is 2. The summed E-state index contributed by atoms with van der Waals surface area (Å²) in [6, 6.07) is 10.4. The third-order valence-electron chi connectivity index (χ3n) is 9.13. The first-order chi connectivity index (χ1) is 16.2. The minimum atomic E-state index is 0.0193. The molecule has 4 aliphatic rings. The van der Waals surface area contributed by atoms with Crippen molar-refractivity contribution in [1.82, 2.24) is 14.5 Å². The summed E-state index contributed by atoms with van der Waals surface area (Å²) in [6.07, 6.45) is 14.8. The lowest BCUT2D eigenvalue weighted by atomic mass is 9.68. The molecule has 6 rings (SSSR count). The molecule has 0 spiro atoms. The maximum absolute atomic E-state index is 13.6. The molecule has 0 amide bonds. The number of rotatable bonds is 5. The summed E-state index contributed by atoms with van der Waals surface area (Å²) < 4.78 is 2.08. The second kappa shape index (κ2) is 9.03. The number of para-hydroxylation sites is 2. The van der Waals surface area contributed by atoms with Gasteiger partial charge in [0.1, 0.15) is 0 Å². The molecular formula is C27H39N5O. The molecule has 0 radical (unpaired) electrons. The van der Waals surface area contributed by atoms with Gasteiger partial charge in [-0.05, 0) is 68.9 Å². The normalized spacial score (nSPS) is 34.3. The molecule has 2 aliphatic carbocycles. The first-order valence-electron chi connectivity index (χ1n) is 13.4. The Labute approximate surface area is 196 Å². The van der Waals surface area contributed by atoms with Crippen molar-refractivity contribution < 1.29 is 0 Å². The molecule has 4 bridgehead atoms. The minimum absolute atomic E-state index is 0.0193. The number of benzene rings is 1. The maximum atomic E-state index is 13.6. The zero-order valence-corrected chi connectivity index (χ0v) is 19.8. The van der Waals surface area contributed by atoms with Crippen LogP contribution in [0.4, 0.5) is 5.82 Å². The fourth-order valence-corrected chi connectivity index (χ4v) is 7.96. The van der Waals surface area contributed by atoms with Gasteiger partial charge in [-0.2, -0.15) is 0 Å². The number of fused-ring (bicyclic) bond motifs is 5. The number of piperidine rings is 2. The van der Waals surface area contributed by atoms with Crippen LogP contribution in [0.15, 0.2) is 29.1 Å². The summed E-state index contributed by atoms with van der Waals surface area (Å²) in [7, 11) is 0. The average Bonchev–Trinajstić information content (AvgIpc) is 2.82. The molecule has 33 heavy (non-hydrogen) atoms. The molecule has 6 nitrogen and oxygen atoms in total. The van der Waals surface area contributed by atoms with Crippen LogP contribution in [0, 0.1) is 11.8 Å². The smallest absolute Gasteiger partial charge is 0.294 e. The molecule has 2 saturated carbocycles. The van der Waals surface area contributed by atoms with E-state index in [0.717, 1.165) is 41.8 Å². The predicted octanol–water partition coefficient (Wildman–Crippen LogP) is 4.29. The number of hydrogen-bond donors (Lipinski definition) is 2. The molecule has 1 aromatic heterocycles. The Bertz CT molecular complexity index is 1020. The Balaban J connectivity index is 1.32. The van der Waals surface area contributed by atoms with Crippen molar-refractivity contribution in [3.63, 3.8) is 0 Å². The Morgan fingerprint density at radius 1 is 0.879 bits per heavy atom. The van der Waals surface area contributed by atoms with Crippen LogP contribution >= 0.6 is 0 Å². The van der Waals surface area contributed by atoms with Crippen LogP contribution in [-0.4, -0.2) is 45.7 Å². The van der Waals surface area contributed by atoms with E-state index < -0.39 is 0 Å². The van der Waals surface area contributed by atoms with Crippen molar-refractivity contribution >= 4 is 16.9 Å².